The molecular formula is C12H20O6. The van der Waals surface area contributed by atoms with Crippen LogP contribution >= 0.6 is 0 Å². The molecule has 104 valence electrons. The van der Waals surface area contributed by atoms with Crippen LogP contribution in [0.5, 0.6) is 0 Å². The first-order chi connectivity index (χ1) is 8.32. The zero-order chi connectivity index (χ0) is 14.6. The summed E-state index contributed by atoms with van der Waals surface area (Å²) in [5.41, 5.74) is 0.526. The molecule has 0 bridgehead atoms. The van der Waals surface area contributed by atoms with Crippen molar-refractivity contribution in [3.63, 3.8) is 0 Å². The fourth-order valence-electron chi connectivity index (χ4n) is 0.262. The number of hydrogen-bond donors (Lipinski definition) is 2. The molecule has 0 aromatic heterocycles. The highest BCUT2D eigenvalue weighted by Gasteiger charge is 1.99. The van der Waals surface area contributed by atoms with E-state index < -0.39 is 11.9 Å². The number of rotatable bonds is 4. The van der Waals surface area contributed by atoms with E-state index >= 15 is 0 Å². The molecule has 0 aromatic rings. The van der Waals surface area contributed by atoms with Crippen LogP contribution in [0.2, 0.25) is 0 Å². The Morgan fingerprint density at radius 2 is 1.61 bits per heavy atom. The van der Waals surface area contributed by atoms with Crippen molar-refractivity contribution in [1.82, 2.24) is 0 Å². The minimum atomic E-state index is -0.935. The number of carboxylic acid groups (broad SMARTS) is 1. The highest BCUT2D eigenvalue weighted by molar-refractivity contribution is 5.86. The van der Waals surface area contributed by atoms with E-state index in [1.807, 2.05) is 0 Å². The van der Waals surface area contributed by atoms with Crippen molar-refractivity contribution in [2.75, 3.05) is 26.4 Å². The fraction of sp³-hybridized carbons (Fsp3) is 0.500. The van der Waals surface area contributed by atoms with E-state index in [0.717, 1.165) is 13.2 Å². The number of carboxylic acids is 1. The number of aliphatic hydroxyl groups excluding tert-OH is 1. The summed E-state index contributed by atoms with van der Waals surface area (Å²) in [6, 6.07) is 0. The molecule has 0 spiro atoms. The van der Waals surface area contributed by atoms with E-state index in [-0.39, 0.29) is 18.8 Å². The largest absolute Gasteiger partial charge is 0.478 e. The lowest BCUT2D eigenvalue weighted by Crippen LogP contribution is -2.08. The van der Waals surface area contributed by atoms with Crippen molar-refractivity contribution in [2.45, 2.75) is 13.8 Å². The van der Waals surface area contributed by atoms with Gasteiger partial charge in [-0.3, -0.25) is 0 Å². The molecule has 6 nitrogen and oxygen atoms in total. The van der Waals surface area contributed by atoms with Crippen molar-refractivity contribution < 1.29 is 29.3 Å². The Kier molecular flexibility index (Phi) is 12.3. The summed E-state index contributed by atoms with van der Waals surface area (Å²) in [5.74, 6) is -1.39. The number of aliphatic hydroxyl groups is 1. The molecule has 18 heavy (non-hydrogen) atoms. The highest BCUT2D eigenvalue weighted by atomic mass is 16.6. The summed E-state index contributed by atoms with van der Waals surface area (Å²) in [6.45, 7) is 11.4. The lowest BCUT2D eigenvalue weighted by Gasteiger charge is -1.99. The van der Waals surface area contributed by atoms with Gasteiger partial charge in [0.2, 0.25) is 0 Å². The molecule has 0 unspecified atom stereocenters. The summed E-state index contributed by atoms with van der Waals surface area (Å²) in [6.07, 6.45) is 0. The predicted octanol–water partition coefficient (Wildman–Crippen LogP) is 0.762. The minimum Gasteiger partial charge on any atom is -0.478 e. The Morgan fingerprint density at radius 3 is 1.78 bits per heavy atom. The predicted molar refractivity (Wildman–Crippen MR) is 66.1 cm³/mol. The Bertz CT molecular complexity index is 278. The lowest BCUT2D eigenvalue weighted by atomic mass is 10.4. The van der Waals surface area contributed by atoms with Crippen LogP contribution in [-0.2, 0) is 19.1 Å². The number of hydrogen-bond acceptors (Lipinski definition) is 5. The van der Waals surface area contributed by atoms with E-state index in [2.05, 4.69) is 22.6 Å². The Morgan fingerprint density at radius 1 is 1.22 bits per heavy atom. The van der Waals surface area contributed by atoms with Gasteiger partial charge in [0.05, 0.1) is 19.8 Å². The summed E-state index contributed by atoms with van der Waals surface area (Å²) in [7, 11) is 0. The molecule has 1 heterocycles. The first-order valence-corrected chi connectivity index (χ1v) is 5.23. The molecule has 1 aliphatic rings. The standard InChI is InChI=1S/C6H10O3.C4H6O2.C2H4O/c1-5(2)6(8)9-4-3-7;1-3(2)4(5)6;1-2-3-1/h7H,1,3-4H2,2H3;1H2,2H3,(H,5,6);1-2H2. The minimum absolute atomic E-state index is 0.0473. The molecule has 0 amide bonds. The molecule has 0 saturated carbocycles. The van der Waals surface area contributed by atoms with E-state index in [0.29, 0.717) is 5.57 Å². The van der Waals surface area contributed by atoms with Gasteiger partial charge in [0.15, 0.2) is 0 Å². The summed E-state index contributed by atoms with van der Waals surface area (Å²) in [4.78, 5) is 20.1. The van der Waals surface area contributed by atoms with Gasteiger partial charge in [-0.2, -0.15) is 0 Å². The van der Waals surface area contributed by atoms with Gasteiger partial charge in [-0.1, -0.05) is 13.2 Å². The van der Waals surface area contributed by atoms with E-state index in [4.69, 9.17) is 10.2 Å². The monoisotopic (exact) mass is 260 g/mol. The maximum Gasteiger partial charge on any atom is 0.333 e. The van der Waals surface area contributed by atoms with Gasteiger partial charge >= 0.3 is 11.9 Å². The molecule has 1 aliphatic heterocycles. The first-order valence-electron chi connectivity index (χ1n) is 5.23. The third-order valence-corrected chi connectivity index (χ3v) is 1.24. The van der Waals surface area contributed by atoms with Crippen LogP contribution in [0.1, 0.15) is 13.8 Å². The number of aliphatic carboxylic acids is 1. The maximum absolute atomic E-state index is 10.5. The van der Waals surface area contributed by atoms with Crippen molar-refractivity contribution in [3.05, 3.63) is 24.3 Å². The van der Waals surface area contributed by atoms with Crippen LogP contribution < -0.4 is 0 Å². The van der Waals surface area contributed by atoms with Gasteiger partial charge < -0.3 is 19.7 Å². The SMILES string of the molecule is C1CO1.C=C(C)C(=O)O.C=C(C)C(=O)OCCO. The number of epoxide rings is 1. The molecule has 0 radical (unpaired) electrons. The second kappa shape index (κ2) is 11.8. The van der Waals surface area contributed by atoms with Crippen LogP contribution in [0, 0.1) is 0 Å². The smallest absolute Gasteiger partial charge is 0.333 e. The zero-order valence-corrected chi connectivity index (χ0v) is 10.8. The number of esters is 1. The zero-order valence-electron chi connectivity index (χ0n) is 10.8. The summed E-state index contributed by atoms with van der Waals surface area (Å²) < 4.78 is 8.96. The van der Waals surface area contributed by atoms with Crippen LogP contribution in [-0.4, -0.2) is 48.6 Å². The number of ether oxygens (including phenoxy) is 2. The quantitative estimate of drug-likeness (QED) is 0.440. The summed E-state index contributed by atoms with van der Waals surface area (Å²) >= 11 is 0. The third kappa shape index (κ3) is 19.8. The Labute approximate surface area is 107 Å². The molecule has 0 atom stereocenters. The molecular weight excluding hydrogens is 240 g/mol. The number of carbonyl (C=O) groups is 2. The lowest BCUT2D eigenvalue weighted by molar-refractivity contribution is -0.139. The van der Waals surface area contributed by atoms with E-state index in [1.54, 1.807) is 6.92 Å². The van der Waals surface area contributed by atoms with Gasteiger partial charge in [0.1, 0.15) is 6.61 Å². The van der Waals surface area contributed by atoms with Crippen LogP contribution in [0.25, 0.3) is 0 Å². The maximum atomic E-state index is 10.5. The Balaban J connectivity index is 0. The second-order valence-electron chi connectivity index (χ2n) is 3.34. The fourth-order valence-corrected chi connectivity index (χ4v) is 0.262. The van der Waals surface area contributed by atoms with Gasteiger partial charge in [-0.25, -0.2) is 9.59 Å². The van der Waals surface area contributed by atoms with Crippen molar-refractivity contribution in [2.24, 2.45) is 0 Å². The normalized spacial score (nSPS) is 10.8. The highest BCUT2D eigenvalue weighted by Crippen LogP contribution is 1.89. The van der Waals surface area contributed by atoms with Crippen LogP contribution in [0.3, 0.4) is 0 Å². The molecule has 1 saturated heterocycles. The van der Waals surface area contributed by atoms with Gasteiger partial charge in [0.25, 0.3) is 0 Å². The topological polar surface area (TPSA) is 96.4 Å². The third-order valence-electron chi connectivity index (χ3n) is 1.24. The Hall–Kier alpha value is -1.66. The molecule has 1 fully saturated rings. The molecule has 1 rings (SSSR count). The summed E-state index contributed by atoms with van der Waals surface area (Å²) in [5, 5.41) is 16.1. The van der Waals surface area contributed by atoms with E-state index in [1.165, 1.54) is 6.92 Å². The van der Waals surface area contributed by atoms with Crippen LogP contribution in [0.4, 0.5) is 0 Å². The second-order valence-corrected chi connectivity index (χ2v) is 3.34. The van der Waals surface area contributed by atoms with Gasteiger partial charge in [-0.15, -0.1) is 0 Å². The number of carbonyl (C=O) groups excluding carboxylic acids is 1. The van der Waals surface area contributed by atoms with Crippen molar-refractivity contribution in [3.8, 4) is 0 Å². The molecule has 0 aliphatic carbocycles. The van der Waals surface area contributed by atoms with Crippen LogP contribution in [0.15, 0.2) is 24.3 Å². The average molecular weight is 260 g/mol. The van der Waals surface area contributed by atoms with Crippen molar-refractivity contribution >= 4 is 11.9 Å². The molecule has 6 heteroatoms. The van der Waals surface area contributed by atoms with Gasteiger partial charge in [0, 0.05) is 11.1 Å². The molecule has 0 aromatic carbocycles. The first kappa shape index (κ1) is 18.7. The van der Waals surface area contributed by atoms with E-state index in [9.17, 15) is 9.59 Å². The van der Waals surface area contributed by atoms with Crippen molar-refractivity contribution in [1.29, 1.82) is 0 Å². The van der Waals surface area contributed by atoms with Gasteiger partial charge in [-0.05, 0) is 13.8 Å². The average Bonchev–Trinajstić information content (AvgIpc) is 3.13. The molecule has 2 N–H and O–H groups in total.